The van der Waals surface area contributed by atoms with Crippen molar-refractivity contribution in [2.75, 3.05) is 7.11 Å². The van der Waals surface area contributed by atoms with Crippen LogP contribution in [0, 0.1) is 6.92 Å². The van der Waals surface area contributed by atoms with Crippen molar-refractivity contribution >= 4 is 21.9 Å². The van der Waals surface area contributed by atoms with Crippen LogP contribution < -0.4 is 0 Å². The Hall–Kier alpha value is -0.830. The molecule has 0 aromatic heterocycles. The van der Waals surface area contributed by atoms with E-state index in [1.54, 1.807) is 0 Å². The maximum absolute atomic E-state index is 11.5. The number of carbonyl (C=O) groups is 1. The fourth-order valence-electron chi connectivity index (χ4n) is 1.36. The molecule has 0 bridgehead atoms. The third-order valence-corrected chi connectivity index (χ3v) is 3.26. The maximum atomic E-state index is 11.5. The van der Waals surface area contributed by atoms with E-state index in [0.29, 0.717) is 11.5 Å². The fraction of sp³-hybridized carbons (Fsp3) is 0.417. The minimum Gasteiger partial charge on any atom is -0.465 e. The van der Waals surface area contributed by atoms with E-state index in [1.165, 1.54) is 7.11 Å². The number of esters is 1. The molecule has 0 heterocycles. The molecule has 0 aliphatic carbocycles. The first-order valence-electron chi connectivity index (χ1n) is 4.85. The van der Waals surface area contributed by atoms with Crippen LogP contribution in [0.25, 0.3) is 0 Å². The zero-order valence-corrected chi connectivity index (χ0v) is 11.0. The Balaban J connectivity index is 3.31. The van der Waals surface area contributed by atoms with Gasteiger partial charge < -0.3 is 4.74 Å². The number of carbonyl (C=O) groups excluding carboxylic acids is 1. The van der Waals surface area contributed by atoms with Crippen LogP contribution in [0.5, 0.6) is 0 Å². The van der Waals surface area contributed by atoms with Crippen LogP contribution in [0.15, 0.2) is 16.6 Å². The zero-order chi connectivity index (χ0) is 11.6. The van der Waals surface area contributed by atoms with Crippen molar-refractivity contribution < 1.29 is 9.53 Å². The first-order chi connectivity index (χ1) is 6.97. The Kier molecular flexibility index (Phi) is 3.91. The summed E-state index contributed by atoms with van der Waals surface area (Å²) in [6.45, 7) is 6.09. The van der Waals surface area contributed by atoms with Crippen LogP contribution in [-0.2, 0) is 4.74 Å². The lowest BCUT2D eigenvalue weighted by molar-refractivity contribution is 0.0599. The summed E-state index contributed by atoms with van der Waals surface area (Å²) >= 11 is 3.45. The molecule has 0 N–H and O–H groups in total. The molecule has 15 heavy (non-hydrogen) atoms. The van der Waals surface area contributed by atoms with Gasteiger partial charge in [0.15, 0.2) is 0 Å². The fourth-order valence-corrected chi connectivity index (χ4v) is 1.83. The second-order valence-electron chi connectivity index (χ2n) is 3.82. The molecule has 0 radical (unpaired) electrons. The van der Waals surface area contributed by atoms with Crippen molar-refractivity contribution in [2.24, 2.45) is 0 Å². The minimum atomic E-state index is -0.282. The van der Waals surface area contributed by atoms with Gasteiger partial charge in [-0.05, 0) is 36.1 Å². The minimum absolute atomic E-state index is 0.282. The van der Waals surface area contributed by atoms with Crippen LogP contribution in [0.3, 0.4) is 0 Å². The molecule has 0 fully saturated rings. The second kappa shape index (κ2) is 4.79. The molecular formula is C12H15BrO2. The highest BCUT2D eigenvalue weighted by Crippen LogP contribution is 2.26. The van der Waals surface area contributed by atoms with Gasteiger partial charge in [0.1, 0.15) is 0 Å². The number of methoxy groups -OCH3 is 1. The van der Waals surface area contributed by atoms with E-state index >= 15 is 0 Å². The lowest BCUT2D eigenvalue weighted by Crippen LogP contribution is -2.06. The molecule has 0 saturated carbocycles. The summed E-state index contributed by atoms with van der Waals surface area (Å²) in [5.41, 5.74) is 2.69. The van der Waals surface area contributed by atoms with Crippen molar-refractivity contribution in [1.29, 1.82) is 0 Å². The number of rotatable bonds is 2. The molecule has 2 nitrogen and oxygen atoms in total. The molecule has 0 aliphatic rings. The van der Waals surface area contributed by atoms with Crippen LogP contribution in [-0.4, -0.2) is 13.1 Å². The van der Waals surface area contributed by atoms with Crippen LogP contribution in [0.1, 0.15) is 41.3 Å². The highest BCUT2D eigenvalue weighted by Gasteiger charge is 2.14. The first-order valence-corrected chi connectivity index (χ1v) is 5.65. The molecule has 0 spiro atoms. The van der Waals surface area contributed by atoms with E-state index in [-0.39, 0.29) is 5.97 Å². The standard InChI is InChI=1S/C12H15BrO2/c1-7(2)9-5-10(12(14)15-4)8(3)11(13)6-9/h5-7H,1-4H3. The highest BCUT2D eigenvalue weighted by atomic mass is 79.9. The summed E-state index contributed by atoms with van der Waals surface area (Å²) < 4.78 is 5.70. The van der Waals surface area contributed by atoms with E-state index in [0.717, 1.165) is 15.6 Å². The topological polar surface area (TPSA) is 26.3 Å². The van der Waals surface area contributed by atoms with Crippen molar-refractivity contribution in [3.8, 4) is 0 Å². The molecule has 0 aliphatic heterocycles. The quantitative estimate of drug-likeness (QED) is 0.767. The predicted octanol–water partition coefficient (Wildman–Crippen LogP) is 3.67. The monoisotopic (exact) mass is 270 g/mol. The average molecular weight is 271 g/mol. The van der Waals surface area contributed by atoms with Crippen molar-refractivity contribution in [3.05, 3.63) is 33.3 Å². The Morgan fingerprint density at radius 2 is 2.00 bits per heavy atom. The van der Waals surface area contributed by atoms with Gasteiger partial charge in [-0.1, -0.05) is 29.8 Å². The van der Waals surface area contributed by atoms with Crippen molar-refractivity contribution in [1.82, 2.24) is 0 Å². The van der Waals surface area contributed by atoms with Gasteiger partial charge in [0.2, 0.25) is 0 Å². The van der Waals surface area contributed by atoms with Crippen LogP contribution in [0.2, 0.25) is 0 Å². The number of benzene rings is 1. The summed E-state index contributed by atoms with van der Waals surface area (Å²) in [4.78, 5) is 11.5. The first kappa shape index (κ1) is 12.2. The van der Waals surface area contributed by atoms with E-state index < -0.39 is 0 Å². The molecule has 82 valence electrons. The van der Waals surface area contributed by atoms with E-state index in [1.807, 2.05) is 19.1 Å². The number of halogens is 1. The summed E-state index contributed by atoms with van der Waals surface area (Å²) in [7, 11) is 1.40. The third kappa shape index (κ3) is 2.59. The Bertz CT molecular complexity index is 383. The Morgan fingerprint density at radius 1 is 1.40 bits per heavy atom. The van der Waals surface area contributed by atoms with Gasteiger partial charge in [-0.2, -0.15) is 0 Å². The van der Waals surface area contributed by atoms with Gasteiger partial charge in [-0.3, -0.25) is 0 Å². The van der Waals surface area contributed by atoms with Gasteiger partial charge in [0.25, 0.3) is 0 Å². The lowest BCUT2D eigenvalue weighted by atomic mass is 9.98. The molecule has 0 saturated heterocycles. The molecule has 1 aromatic carbocycles. The van der Waals surface area contributed by atoms with Gasteiger partial charge >= 0.3 is 5.97 Å². The number of hydrogen-bond donors (Lipinski definition) is 0. The summed E-state index contributed by atoms with van der Waals surface area (Å²) in [5, 5.41) is 0. The van der Waals surface area contributed by atoms with Gasteiger partial charge in [-0.25, -0.2) is 4.79 Å². The third-order valence-electron chi connectivity index (χ3n) is 2.44. The Labute approximate surface area is 98.8 Å². The van der Waals surface area contributed by atoms with Crippen LogP contribution in [0.4, 0.5) is 0 Å². The smallest absolute Gasteiger partial charge is 0.338 e. The summed E-state index contributed by atoms with van der Waals surface area (Å²) in [6.07, 6.45) is 0. The normalized spacial score (nSPS) is 10.5. The van der Waals surface area contributed by atoms with Gasteiger partial charge in [0.05, 0.1) is 12.7 Å². The molecule has 1 rings (SSSR count). The van der Waals surface area contributed by atoms with E-state index in [4.69, 9.17) is 4.74 Å². The molecule has 0 unspecified atom stereocenters. The molecule has 1 aromatic rings. The molecule has 0 amide bonds. The van der Waals surface area contributed by atoms with Crippen molar-refractivity contribution in [2.45, 2.75) is 26.7 Å². The predicted molar refractivity (Wildman–Crippen MR) is 64.3 cm³/mol. The Morgan fingerprint density at radius 3 is 2.47 bits per heavy atom. The second-order valence-corrected chi connectivity index (χ2v) is 4.68. The molecule has 3 heteroatoms. The maximum Gasteiger partial charge on any atom is 0.338 e. The lowest BCUT2D eigenvalue weighted by Gasteiger charge is -2.11. The van der Waals surface area contributed by atoms with Crippen LogP contribution >= 0.6 is 15.9 Å². The van der Waals surface area contributed by atoms with E-state index in [9.17, 15) is 4.79 Å². The highest BCUT2D eigenvalue weighted by molar-refractivity contribution is 9.10. The van der Waals surface area contributed by atoms with E-state index in [2.05, 4.69) is 29.8 Å². The number of ether oxygens (including phenoxy) is 1. The summed E-state index contributed by atoms with van der Waals surface area (Å²) in [6, 6.07) is 3.95. The largest absolute Gasteiger partial charge is 0.465 e. The average Bonchev–Trinajstić information content (AvgIpc) is 2.20. The molecular weight excluding hydrogens is 256 g/mol. The summed E-state index contributed by atoms with van der Waals surface area (Å²) in [5.74, 6) is 0.112. The molecule has 0 atom stereocenters. The van der Waals surface area contributed by atoms with Gasteiger partial charge in [-0.15, -0.1) is 0 Å². The SMILES string of the molecule is COC(=O)c1cc(C(C)C)cc(Br)c1C. The van der Waals surface area contributed by atoms with Gasteiger partial charge in [0, 0.05) is 4.47 Å². The number of hydrogen-bond acceptors (Lipinski definition) is 2. The van der Waals surface area contributed by atoms with Crippen molar-refractivity contribution in [3.63, 3.8) is 0 Å². The zero-order valence-electron chi connectivity index (χ0n) is 9.43.